The van der Waals surface area contributed by atoms with E-state index >= 15 is 9.59 Å². The van der Waals surface area contributed by atoms with Crippen molar-refractivity contribution in [1.29, 1.82) is 0 Å². The Morgan fingerprint density at radius 1 is 0.796 bits per heavy atom. The fraction of sp³-hybridized carbons (Fsp3) is 0.441. The minimum atomic E-state index is -2.12. The van der Waals surface area contributed by atoms with Crippen LogP contribution in [0.15, 0.2) is 80.0 Å². The number of hydrogen-bond acceptors (Lipinski definition) is 30. The molecule has 0 aromatic carbocycles. The summed E-state index contributed by atoms with van der Waals surface area (Å²) >= 11 is 11.0. The number of pyridine rings is 1. The molecular weight excluding hydrogens is 1520 g/mol. The largest absolute Gasteiger partial charge is 0.455 e. The summed E-state index contributed by atoms with van der Waals surface area (Å²) < 4.78 is 6.33. The lowest BCUT2D eigenvalue weighted by atomic mass is 9.80. The Bertz CT molecular complexity index is 4610. The Morgan fingerprint density at radius 2 is 1.50 bits per heavy atom. The van der Waals surface area contributed by atoms with Crippen LogP contribution in [0.5, 0.6) is 0 Å². The minimum absolute atomic E-state index is 0.0286. The third-order valence-electron chi connectivity index (χ3n) is 18.4. The molecule has 5 aromatic heterocycles. The Kier molecular flexibility index (Phi) is 25.0. The Morgan fingerprint density at radius 3 is 2.18 bits per heavy atom. The topological polar surface area (TPSA) is 517 Å². The quantitative estimate of drug-likeness (QED) is 0.0561. The van der Waals surface area contributed by atoms with Crippen LogP contribution < -0.4 is 58.9 Å². The van der Waals surface area contributed by atoms with Crippen molar-refractivity contribution in [2.45, 2.75) is 178 Å². The lowest BCUT2D eigenvalue weighted by Gasteiger charge is -2.41. The van der Waals surface area contributed by atoms with Gasteiger partial charge < -0.3 is 83.9 Å². The Labute approximate surface area is 643 Å². The monoisotopic (exact) mass is 1600 g/mol. The van der Waals surface area contributed by atoms with Crippen molar-refractivity contribution in [3.05, 3.63) is 135 Å². The maximum Gasteiger partial charge on any atom is 0.357 e. The number of carbonyl (C=O) groups excluding carboxylic acids is 10. The Hall–Kier alpha value is -9.33. The third kappa shape index (κ3) is 17.4. The van der Waals surface area contributed by atoms with Crippen molar-refractivity contribution in [3.8, 4) is 0 Å². The first-order valence-electron chi connectivity index (χ1n) is 33.8. The zero-order valence-electron chi connectivity index (χ0n) is 59.7. The number of aliphatic imine (C=N–C) groups is 2. The fourth-order valence-corrected chi connectivity index (χ4v) is 17.1. The van der Waals surface area contributed by atoms with Crippen molar-refractivity contribution in [2.75, 3.05) is 5.75 Å². The Balaban J connectivity index is 1.18. The molecule has 5 aliphatic rings. The molecule has 0 saturated heterocycles. The van der Waals surface area contributed by atoms with Crippen molar-refractivity contribution in [2.24, 2.45) is 21.6 Å². The van der Waals surface area contributed by atoms with E-state index in [9.17, 15) is 63.9 Å². The first kappa shape index (κ1) is 81.2. The van der Waals surface area contributed by atoms with Crippen LogP contribution >= 0.6 is 69.3 Å². The molecule has 16 atom stereocenters. The van der Waals surface area contributed by atoms with Crippen LogP contribution in [0.3, 0.4) is 0 Å². The van der Waals surface area contributed by atoms with Gasteiger partial charge in [0, 0.05) is 32.8 Å². The van der Waals surface area contributed by atoms with Crippen molar-refractivity contribution in [1.82, 2.24) is 78.1 Å². The number of carbonyl (C=O) groups is 10. The number of rotatable bonds is 9. The van der Waals surface area contributed by atoms with E-state index in [1.807, 2.05) is 0 Å². The predicted octanol–water partition coefficient (Wildman–Crippen LogP) is 1.29. The molecule has 574 valence electrons. The summed E-state index contributed by atoms with van der Waals surface area (Å²) in [5.74, 6) is -9.65. The number of cyclic esters (lactones) is 1. The molecule has 13 bridgehead atoms. The second-order valence-electron chi connectivity index (χ2n) is 26.7. The number of thiocarbonyl (C=S) groups is 1. The van der Waals surface area contributed by atoms with E-state index in [1.54, 1.807) is 38.3 Å². The lowest BCUT2D eigenvalue weighted by Crippen LogP contribution is -2.57. The standard InChI is InChI=1S/C68H80N18O16S6/c1-13-35-61-79-41(21-104-61)57(97)85-50(67(12,101)32(11)89)64-81-43(23-107-64)60(103)84-46-31(10)102-65(100)38-18-34(29(8)87)33-14-15-36(48(90)47(33)75-38)74-44(24(2)3)58(98)73-27(6)53(93)71-26(5)52(92)72-28(7)54(94)86-68(66-82-42(22-108-66)56(96)83-45(30(9)88)59(99)77-35)17-16-37(76-49(68)39-19-106-63(46)78-39)62-80-40(20-105-62)55(95)70-25(4)51(69)91/h13-15,18-20,22-24,27-32,36,41,44-46,48-50,74,87-90,101H,4-5,16-17,21H2,1-3,6-12H3,(H2,69,91)(H,70,95)(H,71,93)(H,72,92)(H,73,98)(H,77,99)(H,83,96)(H,84,103)(H,85,97)(H,86,94). The van der Waals surface area contributed by atoms with Crippen LogP contribution in [0.4, 0.5) is 0 Å². The number of aliphatic hydroxyl groups is 5. The van der Waals surface area contributed by atoms with E-state index < -0.39 is 178 Å². The zero-order chi connectivity index (χ0) is 78.9. The van der Waals surface area contributed by atoms with Gasteiger partial charge >= 0.3 is 5.97 Å². The van der Waals surface area contributed by atoms with Crippen LogP contribution in [0.2, 0.25) is 0 Å². The summed E-state index contributed by atoms with van der Waals surface area (Å²) in [6.45, 7) is 21.7. The average Bonchev–Trinajstić information content (AvgIpc) is 1.48. The summed E-state index contributed by atoms with van der Waals surface area (Å²) in [6.07, 6.45) is -3.03. The molecule has 0 saturated carbocycles. The second-order valence-corrected chi connectivity index (χ2v) is 31.6. The van der Waals surface area contributed by atoms with Crippen molar-refractivity contribution in [3.63, 3.8) is 0 Å². The van der Waals surface area contributed by atoms with E-state index in [0.717, 1.165) is 57.1 Å². The number of nitrogens with zero attached hydrogens (tertiary/aromatic N) is 7. The van der Waals surface area contributed by atoms with Gasteiger partial charge in [-0.2, -0.15) is 0 Å². The molecule has 108 heavy (non-hydrogen) atoms. The van der Waals surface area contributed by atoms with Crippen LogP contribution in [0, 0.1) is 5.92 Å². The van der Waals surface area contributed by atoms with Crippen LogP contribution in [-0.4, -0.2) is 191 Å². The highest BCUT2D eigenvalue weighted by molar-refractivity contribution is 8.14. The van der Waals surface area contributed by atoms with Crippen LogP contribution in [0.25, 0.3) is 6.08 Å². The lowest BCUT2D eigenvalue weighted by molar-refractivity contribution is -0.131. The van der Waals surface area contributed by atoms with E-state index in [4.69, 9.17) is 42.6 Å². The average molecular weight is 1600 g/mol. The highest BCUT2D eigenvalue weighted by Gasteiger charge is 2.51. The molecule has 4 aliphatic heterocycles. The predicted molar refractivity (Wildman–Crippen MR) is 404 cm³/mol. The summed E-state index contributed by atoms with van der Waals surface area (Å²) in [6, 6.07) is -10.9. The fourth-order valence-electron chi connectivity index (χ4n) is 11.9. The van der Waals surface area contributed by atoms with Crippen molar-refractivity contribution < 1.29 is 78.2 Å². The van der Waals surface area contributed by atoms with Gasteiger partial charge in [-0.25, -0.2) is 29.7 Å². The molecule has 17 N–H and O–H groups in total. The molecule has 5 aromatic rings. The SMILES string of the molecule is C=C(NC(=O)c1csc(C2=NC3c4csc(n4)C4NC(=S)c5csc(n5)C(C(C)(O)C(C)O)NC(=O)C5CSC(=N5)C(=CC)NC(=O)C(C(C)O)NC(=O)c5csc(n5)C3(CC2)NC(=O)C(C)NC(=O)C(=C)NC(=O)C(C)NC(=O)C(C(C)C)NC2C=Cc3c(C(C)O)cc(nc3C2O)C(=O)OC4C)n1)C(N)=O. The normalized spacial score (nSPS) is 27.6. The molecule has 16 unspecified atom stereocenters. The van der Waals surface area contributed by atoms with Gasteiger partial charge in [-0.1, -0.05) is 57.5 Å². The molecule has 1 aliphatic carbocycles. The van der Waals surface area contributed by atoms with Crippen LogP contribution in [-0.2, 0) is 43.8 Å². The van der Waals surface area contributed by atoms with E-state index in [2.05, 4.69) is 81.3 Å². The molecule has 40 heteroatoms. The zero-order valence-corrected chi connectivity index (χ0v) is 64.6. The molecule has 10 rings (SSSR count). The van der Waals surface area contributed by atoms with Gasteiger partial charge in [-0.05, 0) is 85.8 Å². The smallest absolute Gasteiger partial charge is 0.357 e. The molecule has 0 radical (unpaired) electrons. The number of thiazole rings is 4. The molecular formula is C68H80N18O16S6. The number of ether oxygens (including phenoxy) is 1. The number of allylic oxidation sites excluding steroid dienone is 1. The summed E-state index contributed by atoms with van der Waals surface area (Å²) in [5, 5.41) is 91.4. The van der Waals surface area contributed by atoms with Gasteiger partial charge in [-0.3, -0.25) is 58.5 Å². The number of nitrogens with one attached hydrogen (secondary N) is 10. The number of hydrogen-bond donors (Lipinski definition) is 16. The molecule has 0 spiro atoms. The first-order valence-corrected chi connectivity index (χ1v) is 38.7. The maximum atomic E-state index is 15.3. The number of esters is 1. The molecule has 0 fully saturated rings. The van der Waals surface area contributed by atoms with Crippen molar-refractivity contribution >= 4 is 150 Å². The number of primary amides is 1. The summed E-state index contributed by atoms with van der Waals surface area (Å²) in [7, 11) is 0. The van der Waals surface area contributed by atoms with Gasteiger partial charge in [0.2, 0.25) is 29.5 Å². The van der Waals surface area contributed by atoms with Gasteiger partial charge in [0.25, 0.3) is 23.6 Å². The molecule has 34 nitrogen and oxygen atoms in total. The van der Waals surface area contributed by atoms with E-state index in [-0.39, 0.29) is 99.7 Å². The number of aliphatic hydroxyl groups excluding tert-OH is 4. The van der Waals surface area contributed by atoms with E-state index in [0.29, 0.717) is 0 Å². The molecule has 9 heterocycles. The van der Waals surface area contributed by atoms with Gasteiger partial charge in [0.15, 0.2) is 0 Å². The number of nitrogens with two attached hydrogens (primary N) is 1. The second kappa shape index (κ2) is 33.3. The number of amides is 9. The first-order chi connectivity index (χ1) is 50.9. The van der Waals surface area contributed by atoms with Gasteiger partial charge in [0.05, 0.1) is 64.6 Å². The third-order valence-corrected chi connectivity index (χ3v) is 23.6. The minimum Gasteiger partial charge on any atom is -0.455 e. The molecule has 9 amide bonds. The number of fused-ring (bicyclic) bond motifs is 7. The highest BCUT2D eigenvalue weighted by atomic mass is 32.2. The summed E-state index contributed by atoms with van der Waals surface area (Å²) in [4.78, 5) is 175. The van der Waals surface area contributed by atoms with Crippen LogP contribution in [0.1, 0.15) is 192 Å². The number of aromatic nitrogens is 5. The summed E-state index contributed by atoms with van der Waals surface area (Å²) in [5.41, 5.74) is 0.0823. The number of thioether (sulfide) groups is 1. The maximum absolute atomic E-state index is 15.3. The highest BCUT2D eigenvalue weighted by Crippen LogP contribution is 2.48. The van der Waals surface area contributed by atoms with E-state index in [1.165, 1.54) is 76.7 Å². The van der Waals surface area contributed by atoms with Gasteiger partial charge in [-0.15, -0.1) is 57.1 Å². The van der Waals surface area contributed by atoms with Gasteiger partial charge in [0.1, 0.15) is 118 Å².